The molecule has 12 heteroatoms. The van der Waals surface area contributed by atoms with Crippen molar-refractivity contribution in [2.45, 2.75) is 18.3 Å². The summed E-state index contributed by atoms with van der Waals surface area (Å²) in [6.07, 6.45) is 0. The zero-order valence-electron chi connectivity index (χ0n) is 17.6. The summed E-state index contributed by atoms with van der Waals surface area (Å²) in [7, 11) is 4.74. The van der Waals surface area contributed by atoms with Crippen LogP contribution in [0.15, 0.2) is 47.6 Å². The molecule has 0 fully saturated rings. The predicted molar refractivity (Wildman–Crippen MR) is 113 cm³/mol. The number of rotatable bonds is 10. The van der Waals surface area contributed by atoms with Crippen LogP contribution in [0.5, 0.6) is 17.2 Å². The molecule has 0 saturated carbocycles. The molecule has 0 N–H and O–H groups in total. The average molecular weight is 465 g/mol. The molecule has 0 aliphatic heterocycles. The lowest BCUT2D eigenvalue weighted by atomic mass is 10.2. The van der Waals surface area contributed by atoms with Gasteiger partial charge in [-0.3, -0.25) is 4.79 Å². The normalized spacial score (nSPS) is 10.8. The molecule has 1 heterocycles. The highest BCUT2D eigenvalue weighted by atomic mass is 32.2. The molecule has 1 amide bonds. The summed E-state index contributed by atoms with van der Waals surface area (Å²) in [5.41, 5.74) is 1.35. The van der Waals surface area contributed by atoms with Gasteiger partial charge in [0.2, 0.25) is 11.1 Å². The number of halogens is 2. The fraction of sp³-hybridized carbons (Fsp3) is 0.300. The second-order valence-corrected chi connectivity index (χ2v) is 7.41. The van der Waals surface area contributed by atoms with E-state index in [0.29, 0.717) is 28.9 Å². The molecule has 1 aromatic heterocycles. The number of thioether (sulfide) groups is 1. The molecule has 0 radical (unpaired) electrons. The molecule has 170 valence electrons. The van der Waals surface area contributed by atoms with Crippen LogP contribution in [0.25, 0.3) is 5.69 Å². The Kier molecular flexibility index (Phi) is 7.82. The van der Waals surface area contributed by atoms with Crippen molar-refractivity contribution in [3.8, 4) is 22.9 Å². The Morgan fingerprint density at radius 2 is 1.84 bits per heavy atom. The minimum absolute atomic E-state index is 0.0630. The van der Waals surface area contributed by atoms with Crippen molar-refractivity contribution in [3.05, 3.63) is 48.0 Å². The molecule has 0 aliphatic carbocycles. The van der Waals surface area contributed by atoms with Crippen LogP contribution in [0.1, 0.15) is 5.56 Å². The van der Waals surface area contributed by atoms with E-state index in [1.54, 1.807) is 44.5 Å². The van der Waals surface area contributed by atoms with E-state index in [1.807, 2.05) is 0 Å². The highest BCUT2D eigenvalue weighted by Gasteiger charge is 2.17. The summed E-state index contributed by atoms with van der Waals surface area (Å²) < 4.78 is 40.9. The number of benzene rings is 2. The maximum atomic E-state index is 12.6. The van der Waals surface area contributed by atoms with E-state index in [2.05, 4.69) is 20.3 Å². The monoisotopic (exact) mass is 465 g/mol. The molecule has 0 atom stereocenters. The number of amides is 1. The zero-order valence-corrected chi connectivity index (χ0v) is 18.4. The van der Waals surface area contributed by atoms with Crippen molar-refractivity contribution in [1.82, 2.24) is 25.1 Å². The van der Waals surface area contributed by atoms with Crippen LogP contribution in [0, 0.1) is 0 Å². The van der Waals surface area contributed by atoms with Crippen molar-refractivity contribution in [3.63, 3.8) is 0 Å². The fourth-order valence-electron chi connectivity index (χ4n) is 2.76. The molecule has 0 bridgehead atoms. The average Bonchev–Trinajstić information content (AvgIpc) is 3.26. The number of carbonyl (C=O) groups excluding carboxylic acids is 1. The van der Waals surface area contributed by atoms with Crippen LogP contribution in [0.2, 0.25) is 0 Å². The lowest BCUT2D eigenvalue weighted by Crippen LogP contribution is -2.27. The Hall–Kier alpha value is -3.41. The molecular weight excluding hydrogens is 444 g/mol. The molecule has 0 aliphatic rings. The predicted octanol–water partition coefficient (Wildman–Crippen LogP) is 3.03. The number of ether oxygens (including phenoxy) is 3. The van der Waals surface area contributed by atoms with Crippen molar-refractivity contribution < 1.29 is 27.8 Å². The highest BCUT2D eigenvalue weighted by Crippen LogP contribution is 2.29. The minimum Gasteiger partial charge on any atom is -0.497 e. The van der Waals surface area contributed by atoms with Crippen LogP contribution in [-0.4, -0.2) is 64.6 Å². The quantitative estimate of drug-likeness (QED) is 0.422. The van der Waals surface area contributed by atoms with Gasteiger partial charge in [-0.25, -0.2) is 0 Å². The highest BCUT2D eigenvalue weighted by molar-refractivity contribution is 7.99. The third-order valence-corrected chi connectivity index (χ3v) is 5.28. The van der Waals surface area contributed by atoms with E-state index in [0.717, 1.165) is 5.56 Å². The molecule has 9 nitrogen and oxygen atoms in total. The summed E-state index contributed by atoms with van der Waals surface area (Å²) in [5.74, 6) is 1.15. The van der Waals surface area contributed by atoms with Gasteiger partial charge in [0.25, 0.3) is 0 Å². The molecule has 0 unspecified atom stereocenters. The van der Waals surface area contributed by atoms with Gasteiger partial charge in [0, 0.05) is 19.7 Å². The molecule has 3 aromatic rings. The zero-order chi connectivity index (χ0) is 23.1. The number of tetrazole rings is 1. The van der Waals surface area contributed by atoms with E-state index in [4.69, 9.17) is 9.47 Å². The summed E-state index contributed by atoms with van der Waals surface area (Å²) in [6.45, 7) is -2.57. The molecule has 2 aromatic carbocycles. The molecule has 0 saturated heterocycles. The SMILES string of the molecule is COc1ccc(OC)c(-n2nnnc2SCC(=O)N(C)Cc2ccc(OC(F)F)cc2)c1. The molecule has 3 rings (SSSR count). The Balaban J connectivity index is 1.63. The van der Waals surface area contributed by atoms with E-state index in [-0.39, 0.29) is 17.4 Å². The van der Waals surface area contributed by atoms with Crippen LogP contribution < -0.4 is 14.2 Å². The van der Waals surface area contributed by atoms with Gasteiger partial charge in [0.1, 0.15) is 22.9 Å². The fourth-order valence-corrected chi connectivity index (χ4v) is 3.58. The van der Waals surface area contributed by atoms with E-state index in [1.165, 1.54) is 40.6 Å². The lowest BCUT2D eigenvalue weighted by Gasteiger charge is -2.17. The van der Waals surface area contributed by atoms with E-state index < -0.39 is 6.61 Å². The number of nitrogens with zero attached hydrogens (tertiary/aromatic N) is 5. The van der Waals surface area contributed by atoms with Gasteiger partial charge < -0.3 is 19.1 Å². The maximum Gasteiger partial charge on any atom is 0.387 e. The van der Waals surface area contributed by atoms with Crippen molar-refractivity contribution in [2.24, 2.45) is 0 Å². The van der Waals surface area contributed by atoms with Gasteiger partial charge in [0.05, 0.1) is 20.0 Å². The number of aromatic nitrogens is 4. The molecule has 32 heavy (non-hydrogen) atoms. The van der Waals surface area contributed by atoms with Gasteiger partial charge in [-0.05, 0) is 40.3 Å². The number of alkyl halides is 2. The van der Waals surface area contributed by atoms with E-state index in [9.17, 15) is 13.6 Å². The Labute approximate surface area is 187 Å². The standard InChI is InChI=1S/C20H21F2N5O4S/c1-26(11-13-4-6-14(7-5-13)31-19(21)22)18(28)12-32-20-23-24-25-27(20)16-10-15(29-2)8-9-17(16)30-3/h4-10,19H,11-12H2,1-3H3. The van der Waals surface area contributed by atoms with Crippen LogP contribution in [-0.2, 0) is 11.3 Å². The lowest BCUT2D eigenvalue weighted by molar-refractivity contribution is -0.127. The maximum absolute atomic E-state index is 12.6. The van der Waals surface area contributed by atoms with Gasteiger partial charge in [-0.2, -0.15) is 13.5 Å². The van der Waals surface area contributed by atoms with Gasteiger partial charge in [0.15, 0.2) is 0 Å². The molecule has 0 spiro atoms. The van der Waals surface area contributed by atoms with Crippen molar-refractivity contribution in [2.75, 3.05) is 27.0 Å². The largest absolute Gasteiger partial charge is 0.497 e. The first-order valence-corrected chi connectivity index (χ1v) is 10.3. The summed E-state index contributed by atoms with van der Waals surface area (Å²) in [6, 6.07) is 11.3. The topological polar surface area (TPSA) is 91.6 Å². The van der Waals surface area contributed by atoms with Crippen LogP contribution >= 0.6 is 11.8 Å². The summed E-state index contributed by atoms with van der Waals surface area (Å²) >= 11 is 1.17. The number of carbonyl (C=O) groups is 1. The third-order valence-electron chi connectivity index (χ3n) is 4.37. The Morgan fingerprint density at radius 3 is 2.50 bits per heavy atom. The Bertz CT molecular complexity index is 1050. The first-order chi connectivity index (χ1) is 15.4. The summed E-state index contributed by atoms with van der Waals surface area (Å²) in [4.78, 5) is 14.1. The smallest absolute Gasteiger partial charge is 0.387 e. The second-order valence-electron chi connectivity index (χ2n) is 6.47. The van der Waals surface area contributed by atoms with E-state index >= 15 is 0 Å². The van der Waals surface area contributed by atoms with Crippen LogP contribution in [0.3, 0.4) is 0 Å². The first-order valence-electron chi connectivity index (χ1n) is 9.32. The number of methoxy groups -OCH3 is 2. The third kappa shape index (κ3) is 5.84. The Morgan fingerprint density at radius 1 is 1.12 bits per heavy atom. The van der Waals surface area contributed by atoms with Gasteiger partial charge >= 0.3 is 6.61 Å². The van der Waals surface area contributed by atoms with Crippen molar-refractivity contribution >= 4 is 17.7 Å². The first kappa shape index (κ1) is 23.3. The van der Waals surface area contributed by atoms with Crippen molar-refractivity contribution in [1.29, 1.82) is 0 Å². The van der Waals surface area contributed by atoms with Gasteiger partial charge in [-0.15, -0.1) is 5.10 Å². The number of hydrogen-bond donors (Lipinski definition) is 0. The second kappa shape index (κ2) is 10.8. The van der Waals surface area contributed by atoms with Crippen LogP contribution in [0.4, 0.5) is 8.78 Å². The summed E-state index contributed by atoms with van der Waals surface area (Å²) in [5, 5.41) is 12.1. The number of hydrogen-bond acceptors (Lipinski definition) is 8. The molecular formula is C20H21F2N5O4S. The van der Waals surface area contributed by atoms with Gasteiger partial charge in [-0.1, -0.05) is 23.9 Å². The minimum atomic E-state index is -2.88.